The van der Waals surface area contributed by atoms with Crippen LogP contribution in [0.2, 0.25) is 0 Å². The average molecular weight is 367 g/mol. The molecule has 27 heavy (non-hydrogen) atoms. The SMILES string of the molecule is Nc1cccc(-c2nc3ccccc3n2Cc2ccc(C(F)(F)F)cc2)c1. The molecule has 6 heteroatoms. The van der Waals surface area contributed by atoms with Crippen LogP contribution in [0.1, 0.15) is 11.1 Å². The van der Waals surface area contributed by atoms with E-state index in [1.807, 2.05) is 47.0 Å². The third-order valence-corrected chi connectivity index (χ3v) is 4.42. The molecule has 1 heterocycles. The number of halogens is 3. The van der Waals surface area contributed by atoms with E-state index in [-0.39, 0.29) is 0 Å². The van der Waals surface area contributed by atoms with Gasteiger partial charge in [-0.05, 0) is 42.0 Å². The van der Waals surface area contributed by atoms with Crippen molar-refractivity contribution >= 4 is 16.7 Å². The maximum atomic E-state index is 12.8. The van der Waals surface area contributed by atoms with Crippen molar-refractivity contribution in [2.75, 3.05) is 5.73 Å². The minimum atomic E-state index is -4.34. The third kappa shape index (κ3) is 3.38. The van der Waals surface area contributed by atoms with Crippen molar-refractivity contribution in [1.29, 1.82) is 0 Å². The molecule has 0 spiro atoms. The fourth-order valence-corrected chi connectivity index (χ4v) is 3.12. The zero-order chi connectivity index (χ0) is 19.0. The first kappa shape index (κ1) is 17.1. The molecule has 3 nitrogen and oxygen atoms in total. The summed E-state index contributed by atoms with van der Waals surface area (Å²) in [6.07, 6.45) is -4.34. The lowest BCUT2D eigenvalue weighted by atomic mass is 10.1. The van der Waals surface area contributed by atoms with Crippen LogP contribution >= 0.6 is 0 Å². The Kier molecular flexibility index (Phi) is 4.11. The predicted octanol–water partition coefficient (Wildman–Crippen LogP) is 5.35. The number of imidazole rings is 1. The number of benzene rings is 3. The first-order valence-electron chi connectivity index (χ1n) is 8.39. The van der Waals surface area contributed by atoms with Gasteiger partial charge in [-0.1, -0.05) is 36.4 Å². The molecule has 0 aliphatic rings. The van der Waals surface area contributed by atoms with Gasteiger partial charge < -0.3 is 10.3 Å². The van der Waals surface area contributed by atoms with E-state index in [0.717, 1.165) is 40.1 Å². The number of anilines is 1. The highest BCUT2D eigenvalue weighted by atomic mass is 19.4. The van der Waals surface area contributed by atoms with Crippen LogP contribution in [0, 0.1) is 0 Å². The molecule has 0 fully saturated rings. The highest BCUT2D eigenvalue weighted by molar-refractivity contribution is 5.81. The van der Waals surface area contributed by atoms with Gasteiger partial charge in [0.25, 0.3) is 0 Å². The summed E-state index contributed by atoms with van der Waals surface area (Å²) in [4.78, 5) is 4.70. The molecule has 0 saturated carbocycles. The highest BCUT2D eigenvalue weighted by Crippen LogP contribution is 2.30. The largest absolute Gasteiger partial charge is 0.416 e. The Balaban J connectivity index is 1.79. The predicted molar refractivity (Wildman–Crippen MR) is 100 cm³/mol. The molecule has 4 aromatic rings. The summed E-state index contributed by atoms with van der Waals surface area (Å²) in [5.74, 6) is 0.725. The molecule has 0 radical (unpaired) electrons. The Bertz CT molecular complexity index is 1100. The van der Waals surface area contributed by atoms with E-state index in [1.165, 1.54) is 12.1 Å². The molecule has 4 rings (SSSR count). The molecule has 2 N–H and O–H groups in total. The number of aromatic nitrogens is 2. The van der Waals surface area contributed by atoms with E-state index >= 15 is 0 Å². The summed E-state index contributed by atoms with van der Waals surface area (Å²) in [5.41, 5.74) is 9.23. The monoisotopic (exact) mass is 367 g/mol. The third-order valence-electron chi connectivity index (χ3n) is 4.42. The van der Waals surface area contributed by atoms with Gasteiger partial charge in [0.2, 0.25) is 0 Å². The summed E-state index contributed by atoms with van der Waals surface area (Å²) in [6.45, 7) is 0.406. The number of alkyl halides is 3. The molecule has 0 saturated heterocycles. The van der Waals surface area contributed by atoms with Crippen LogP contribution in [-0.4, -0.2) is 9.55 Å². The number of rotatable bonds is 3. The van der Waals surface area contributed by atoms with E-state index in [4.69, 9.17) is 10.7 Å². The normalized spacial score (nSPS) is 11.8. The van der Waals surface area contributed by atoms with E-state index in [9.17, 15) is 13.2 Å². The van der Waals surface area contributed by atoms with Crippen LogP contribution in [0.25, 0.3) is 22.4 Å². The molecule has 0 bridgehead atoms. The van der Waals surface area contributed by atoms with Crippen LogP contribution in [0.5, 0.6) is 0 Å². The summed E-state index contributed by atoms with van der Waals surface area (Å²) < 4.78 is 40.4. The number of para-hydroxylation sites is 2. The van der Waals surface area contributed by atoms with Crippen LogP contribution < -0.4 is 5.73 Å². The minimum Gasteiger partial charge on any atom is -0.399 e. The van der Waals surface area contributed by atoms with E-state index in [0.29, 0.717) is 12.2 Å². The molecule has 1 aromatic heterocycles. The highest BCUT2D eigenvalue weighted by Gasteiger charge is 2.30. The lowest BCUT2D eigenvalue weighted by molar-refractivity contribution is -0.137. The smallest absolute Gasteiger partial charge is 0.399 e. The van der Waals surface area contributed by atoms with Crippen molar-refractivity contribution in [1.82, 2.24) is 9.55 Å². The minimum absolute atomic E-state index is 0.406. The van der Waals surface area contributed by atoms with Gasteiger partial charge in [0.1, 0.15) is 5.82 Å². The van der Waals surface area contributed by atoms with Crippen molar-refractivity contribution in [3.8, 4) is 11.4 Å². The molecule has 0 aliphatic carbocycles. The number of fused-ring (bicyclic) bond motifs is 1. The first-order valence-corrected chi connectivity index (χ1v) is 8.39. The van der Waals surface area contributed by atoms with Crippen molar-refractivity contribution in [3.63, 3.8) is 0 Å². The number of nitrogens with zero attached hydrogens (tertiary/aromatic N) is 2. The van der Waals surface area contributed by atoms with Crippen LogP contribution in [0.4, 0.5) is 18.9 Å². The molecule has 136 valence electrons. The lowest BCUT2D eigenvalue weighted by Crippen LogP contribution is -2.06. The number of nitrogen functional groups attached to an aromatic ring is 1. The van der Waals surface area contributed by atoms with Crippen molar-refractivity contribution in [3.05, 3.63) is 83.9 Å². The van der Waals surface area contributed by atoms with Gasteiger partial charge in [-0.15, -0.1) is 0 Å². The van der Waals surface area contributed by atoms with Gasteiger partial charge in [-0.2, -0.15) is 13.2 Å². The Morgan fingerprint density at radius 1 is 0.889 bits per heavy atom. The second-order valence-electron chi connectivity index (χ2n) is 6.33. The van der Waals surface area contributed by atoms with Gasteiger partial charge in [-0.3, -0.25) is 0 Å². The van der Waals surface area contributed by atoms with E-state index in [2.05, 4.69) is 0 Å². The lowest BCUT2D eigenvalue weighted by Gasteiger charge is -2.12. The Morgan fingerprint density at radius 3 is 2.33 bits per heavy atom. The summed E-state index contributed by atoms with van der Waals surface area (Å²) in [5, 5.41) is 0. The topological polar surface area (TPSA) is 43.8 Å². The number of hydrogen-bond donors (Lipinski definition) is 1. The Morgan fingerprint density at radius 2 is 1.63 bits per heavy atom. The number of hydrogen-bond acceptors (Lipinski definition) is 2. The zero-order valence-electron chi connectivity index (χ0n) is 14.2. The standard InChI is InChI=1S/C21H16F3N3/c22-21(23,24)16-10-8-14(9-11-16)13-27-19-7-2-1-6-18(19)26-20(27)15-4-3-5-17(25)12-15/h1-12H,13,25H2. The van der Waals surface area contributed by atoms with Gasteiger partial charge in [0, 0.05) is 17.8 Å². The first-order chi connectivity index (χ1) is 12.9. The Hall–Kier alpha value is -3.28. The van der Waals surface area contributed by atoms with Crippen molar-refractivity contribution < 1.29 is 13.2 Å². The second kappa shape index (κ2) is 6.46. The van der Waals surface area contributed by atoms with Gasteiger partial charge in [0.05, 0.1) is 16.6 Å². The van der Waals surface area contributed by atoms with Crippen molar-refractivity contribution in [2.24, 2.45) is 0 Å². The molecular formula is C21H16F3N3. The zero-order valence-corrected chi connectivity index (χ0v) is 14.2. The molecule has 3 aromatic carbocycles. The molecule has 0 atom stereocenters. The summed E-state index contributed by atoms with van der Waals surface area (Å²) >= 11 is 0. The summed E-state index contributed by atoms with van der Waals surface area (Å²) in [7, 11) is 0. The van der Waals surface area contributed by atoms with Gasteiger partial charge >= 0.3 is 6.18 Å². The molecule has 0 amide bonds. The van der Waals surface area contributed by atoms with Gasteiger partial charge in [-0.25, -0.2) is 4.98 Å². The Labute approximate surface area is 153 Å². The quantitative estimate of drug-likeness (QED) is 0.496. The average Bonchev–Trinajstić information content (AvgIpc) is 3.00. The number of nitrogens with two attached hydrogens (primary N) is 1. The van der Waals surface area contributed by atoms with Gasteiger partial charge in [0.15, 0.2) is 0 Å². The molecule has 0 aliphatic heterocycles. The summed E-state index contributed by atoms with van der Waals surface area (Å²) in [6, 6.07) is 20.3. The van der Waals surface area contributed by atoms with E-state index in [1.54, 1.807) is 6.07 Å². The van der Waals surface area contributed by atoms with Crippen LogP contribution in [0.15, 0.2) is 72.8 Å². The van der Waals surface area contributed by atoms with Crippen LogP contribution in [0.3, 0.4) is 0 Å². The van der Waals surface area contributed by atoms with E-state index < -0.39 is 11.7 Å². The maximum absolute atomic E-state index is 12.8. The molecule has 0 unspecified atom stereocenters. The van der Waals surface area contributed by atoms with Crippen LogP contribution in [-0.2, 0) is 12.7 Å². The maximum Gasteiger partial charge on any atom is 0.416 e. The van der Waals surface area contributed by atoms with Crippen molar-refractivity contribution in [2.45, 2.75) is 12.7 Å². The fourth-order valence-electron chi connectivity index (χ4n) is 3.12. The molecular weight excluding hydrogens is 351 g/mol. The second-order valence-corrected chi connectivity index (χ2v) is 6.33. The fraction of sp³-hybridized carbons (Fsp3) is 0.0952.